The first-order valence-corrected chi connectivity index (χ1v) is 8.55. The number of carbonyl (C=O) groups excluding carboxylic acids is 1. The van der Waals surface area contributed by atoms with E-state index in [0.29, 0.717) is 17.1 Å². The number of hydrogen-bond acceptors (Lipinski definition) is 5. The van der Waals surface area contributed by atoms with Crippen molar-refractivity contribution in [3.63, 3.8) is 0 Å². The number of ether oxygens (including phenoxy) is 2. The van der Waals surface area contributed by atoms with Gasteiger partial charge in [-0.25, -0.2) is 4.98 Å². The lowest BCUT2D eigenvalue weighted by molar-refractivity contribution is 0.0607. The Hall–Kier alpha value is -2.08. The van der Waals surface area contributed by atoms with Crippen LogP contribution in [-0.4, -0.2) is 36.6 Å². The van der Waals surface area contributed by atoms with Gasteiger partial charge in [0.05, 0.1) is 25.8 Å². The number of aromatic nitrogens is 1. The fourth-order valence-corrected chi connectivity index (χ4v) is 3.83. The number of para-hydroxylation sites is 1. The van der Waals surface area contributed by atoms with Crippen molar-refractivity contribution in [2.24, 2.45) is 0 Å². The molecule has 1 fully saturated rings. The molecule has 0 radical (unpaired) electrons. The topological polar surface area (TPSA) is 51.7 Å². The van der Waals surface area contributed by atoms with Gasteiger partial charge in [-0.15, -0.1) is 11.3 Å². The maximum absolute atomic E-state index is 13.1. The molecule has 0 bridgehead atoms. The number of thiazole rings is 1. The van der Waals surface area contributed by atoms with Crippen molar-refractivity contribution in [2.75, 3.05) is 20.8 Å². The maximum Gasteiger partial charge on any atom is 0.258 e. The van der Waals surface area contributed by atoms with Gasteiger partial charge in [-0.05, 0) is 31.4 Å². The summed E-state index contributed by atoms with van der Waals surface area (Å²) in [6.07, 6.45) is 4.87. The van der Waals surface area contributed by atoms with Crippen molar-refractivity contribution >= 4 is 17.2 Å². The number of hydrogen-bond donors (Lipinski definition) is 0. The third kappa shape index (κ3) is 3.03. The van der Waals surface area contributed by atoms with Crippen molar-refractivity contribution in [1.29, 1.82) is 0 Å². The number of methoxy groups -OCH3 is 2. The fourth-order valence-electron chi connectivity index (χ4n) is 3.04. The highest BCUT2D eigenvalue weighted by Gasteiger charge is 2.32. The molecule has 1 aromatic heterocycles. The van der Waals surface area contributed by atoms with Crippen LogP contribution in [0.2, 0.25) is 0 Å². The molecular weight excluding hydrogens is 312 g/mol. The highest BCUT2D eigenvalue weighted by molar-refractivity contribution is 7.09. The molecule has 0 N–H and O–H groups in total. The maximum atomic E-state index is 13.1. The van der Waals surface area contributed by atoms with Gasteiger partial charge in [0.25, 0.3) is 5.91 Å². The van der Waals surface area contributed by atoms with E-state index in [9.17, 15) is 4.79 Å². The second kappa shape index (κ2) is 7.00. The number of rotatable bonds is 4. The summed E-state index contributed by atoms with van der Waals surface area (Å²) in [6, 6.07) is 5.45. The molecular formula is C17H20N2O3S. The molecule has 6 heteroatoms. The summed E-state index contributed by atoms with van der Waals surface area (Å²) in [5.74, 6) is 1.03. The Morgan fingerprint density at radius 3 is 2.87 bits per heavy atom. The first-order valence-electron chi connectivity index (χ1n) is 7.67. The van der Waals surface area contributed by atoms with Gasteiger partial charge in [-0.3, -0.25) is 4.79 Å². The standard InChI is InChI=1S/C17H20N2O3S/c1-21-14-8-5-6-12(15(14)22-2)17(20)19-10-4-3-7-13(19)16-18-9-11-23-16/h5-6,8-9,11,13H,3-4,7,10H2,1-2H3/t13-/m0/s1. The lowest BCUT2D eigenvalue weighted by atomic mass is 10.0. The molecule has 23 heavy (non-hydrogen) atoms. The smallest absolute Gasteiger partial charge is 0.258 e. The van der Waals surface area contributed by atoms with E-state index in [1.54, 1.807) is 43.9 Å². The zero-order chi connectivity index (χ0) is 16.2. The van der Waals surface area contributed by atoms with Crippen LogP contribution in [0.3, 0.4) is 0 Å². The molecule has 3 rings (SSSR count). The van der Waals surface area contributed by atoms with Crippen LogP contribution in [0.25, 0.3) is 0 Å². The Labute approximate surface area is 139 Å². The number of amides is 1. The van der Waals surface area contributed by atoms with Crippen molar-refractivity contribution in [1.82, 2.24) is 9.88 Å². The largest absolute Gasteiger partial charge is 0.493 e. The number of nitrogens with zero attached hydrogens (tertiary/aromatic N) is 2. The molecule has 1 aliphatic heterocycles. The third-order valence-corrected chi connectivity index (χ3v) is 5.01. The van der Waals surface area contributed by atoms with E-state index >= 15 is 0 Å². The molecule has 0 spiro atoms. The zero-order valence-corrected chi connectivity index (χ0v) is 14.1. The van der Waals surface area contributed by atoms with Crippen LogP contribution in [0, 0.1) is 0 Å². The van der Waals surface area contributed by atoms with Crippen LogP contribution in [0.1, 0.15) is 40.7 Å². The second-order valence-electron chi connectivity index (χ2n) is 5.42. The molecule has 122 valence electrons. The molecule has 0 saturated carbocycles. The van der Waals surface area contributed by atoms with E-state index in [4.69, 9.17) is 9.47 Å². The third-order valence-electron chi connectivity index (χ3n) is 4.13. The van der Waals surface area contributed by atoms with Crippen LogP contribution in [0.5, 0.6) is 11.5 Å². The Kier molecular flexibility index (Phi) is 4.81. The molecule has 1 aliphatic rings. The van der Waals surface area contributed by atoms with Crippen LogP contribution in [0.15, 0.2) is 29.8 Å². The monoisotopic (exact) mass is 332 g/mol. The normalized spacial score (nSPS) is 17.8. The Balaban J connectivity index is 1.95. The highest BCUT2D eigenvalue weighted by Crippen LogP contribution is 2.37. The minimum Gasteiger partial charge on any atom is -0.493 e. The Morgan fingerprint density at radius 1 is 1.30 bits per heavy atom. The highest BCUT2D eigenvalue weighted by atomic mass is 32.1. The van der Waals surface area contributed by atoms with E-state index in [-0.39, 0.29) is 11.9 Å². The van der Waals surface area contributed by atoms with Gasteiger partial charge in [-0.2, -0.15) is 0 Å². The number of likely N-dealkylation sites (tertiary alicyclic amines) is 1. The molecule has 1 amide bonds. The molecule has 2 heterocycles. The number of carbonyl (C=O) groups is 1. The first kappa shape index (κ1) is 15.8. The lowest BCUT2D eigenvalue weighted by Gasteiger charge is -2.35. The van der Waals surface area contributed by atoms with Crippen LogP contribution >= 0.6 is 11.3 Å². The quantitative estimate of drug-likeness (QED) is 0.859. The Morgan fingerprint density at radius 2 is 2.17 bits per heavy atom. The zero-order valence-electron chi connectivity index (χ0n) is 13.3. The summed E-state index contributed by atoms with van der Waals surface area (Å²) in [7, 11) is 3.13. The second-order valence-corrected chi connectivity index (χ2v) is 6.35. The molecule has 2 aromatic rings. The van der Waals surface area contributed by atoms with E-state index in [1.165, 1.54) is 0 Å². The van der Waals surface area contributed by atoms with E-state index in [0.717, 1.165) is 30.8 Å². The minimum absolute atomic E-state index is 0.0272. The number of benzene rings is 1. The summed E-state index contributed by atoms with van der Waals surface area (Å²) in [5.41, 5.74) is 0.537. The van der Waals surface area contributed by atoms with Gasteiger partial charge < -0.3 is 14.4 Å². The van der Waals surface area contributed by atoms with E-state index in [1.807, 2.05) is 16.3 Å². The summed E-state index contributed by atoms with van der Waals surface area (Å²) in [5, 5.41) is 2.96. The molecule has 1 saturated heterocycles. The molecule has 1 aromatic carbocycles. The van der Waals surface area contributed by atoms with Gasteiger partial charge in [0.1, 0.15) is 5.01 Å². The van der Waals surface area contributed by atoms with Crippen LogP contribution in [-0.2, 0) is 0 Å². The van der Waals surface area contributed by atoms with Crippen LogP contribution in [0.4, 0.5) is 0 Å². The molecule has 5 nitrogen and oxygen atoms in total. The van der Waals surface area contributed by atoms with Gasteiger partial charge in [0, 0.05) is 18.1 Å². The van der Waals surface area contributed by atoms with Crippen molar-refractivity contribution < 1.29 is 14.3 Å². The predicted octanol–water partition coefficient (Wildman–Crippen LogP) is 3.53. The lowest BCUT2D eigenvalue weighted by Crippen LogP contribution is -2.38. The average molecular weight is 332 g/mol. The summed E-state index contributed by atoms with van der Waals surface area (Å²) < 4.78 is 10.7. The fraction of sp³-hybridized carbons (Fsp3) is 0.412. The van der Waals surface area contributed by atoms with Gasteiger partial charge in [0.15, 0.2) is 11.5 Å². The number of piperidine rings is 1. The van der Waals surface area contributed by atoms with Crippen molar-refractivity contribution in [2.45, 2.75) is 25.3 Å². The minimum atomic E-state index is -0.0272. The SMILES string of the molecule is COc1cccc(C(=O)N2CCCC[C@H]2c2nccs2)c1OC. The first-order chi connectivity index (χ1) is 11.3. The molecule has 1 atom stereocenters. The van der Waals surface area contributed by atoms with Crippen molar-refractivity contribution in [3.8, 4) is 11.5 Å². The summed E-state index contributed by atoms with van der Waals surface area (Å²) in [4.78, 5) is 19.4. The van der Waals surface area contributed by atoms with E-state index in [2.05, 4.69) is 4.98 Å². The average Bonchev–Trinajstić information content (AvgIpc) is 3.14. The van der Waals surface area contributed by atoms with Gasteiger partial charge in [0.2, 0.25) is 0 Å². The molecule has 0 aliphatic carbocycles. The predicted molar refractivity (Wildman–Crippen MR) is 89.3 cm³/mol. The van der Waals surface area contributed by atoms with Crippen LogP contribution < -0.4 is 9.47 Å². The summed E-state index contributed by atoms with van der Waals surface area (Å²) >= 11 is 1.60. The van der Waals surface area contributed by atoms with Gasteiger partial charge >= 0.3 is 0 Å². The van der Waals surface area contributed by atoms with Gasteiger partial charge in [-0.1, -0.05) is 6.07 Å². The van der Waals surface area contributed by atoms with Crippen molar-refractivity contribution in [3.05, 3.63) is 40.3 Å². The summed E-state index contributed by atoms with van der Waals surface area (Å²) in [6.45, 7) is 0.740. The molecule has 0 unspecified atom stereocenters. The Bertz CT molecular complexity index is 672. The van der Waals surface area contributed by atoms with E-state index < -0.39 is 0 Å².